The standard InChI is InChI=1S/C25H41NO/c1-3-4-5-14-25(17-26)15-13-19-18(16-25)9-10-22-20-7-6-8-24(27-2)23(20)12-11-21(19)22/h18-24H,3-16H2,1-2H3/t18?,19?,20?,21?,22?,23?,24-,25-/m1/s1. The van der Waals surface area contributed by atoms with Crippen LogP contribution in [0.4, 0.5) is 0 Å². The average molecular weight is 372 g/mol. The minimum absolute atomic E-state index is 0.0202. The van der Waals surface area contributed by atoms with E-state index >= 15 is 0 Å². The van der Waals surface area contributed by atoms with E-state index in [2.05, 4.69) is 13.0 Å². The second kappa shape index (κ2) is 8.44. The molecule has 0 aromatic rings. The van der Waals surface area contributed by atoms with Crippen molar-refractivity contribution in [3.05, 3.63) is 0 Å². The van der Waals surface area contributed by atoms with Crippen LogP contribution in [0.2, 0.25) is 0 Å². The Balaban J connectivity index is 1.43. The largest absolute Gasteiger partial charge is 0.381 e. The molecule has 0 aliphatic heterocycles. The highest BCUT2D eigenvalue weighted by atomic mass is 16.5. The Bertz CT molecular complexity index is 539. The van der Waals surface area contributed by atoms with Crippen LogP contribution in [0.3, 0.4) is 0 Å². The Kier molecular flexibility index (Phi) is 6.18. The van der Waals surface area contributed by atoms with Crippen molar-refractivity contribution in [2.24, 2.45) is 40.9 Å². The predicted octanol–water partition coefficient (Wildman–Crippen LogP) is 6.74. The second-order valence-corrected chi connectivity index (χ2v) is 10.5. The number of rotatable bonds is 5. The van der Waals surface area contributed by atoms with E-state index in [0.717, 1.165) is 41.9 Å². The molecule has 152 valence electrons. The summed E-state index contributed by atoms with van der Waals surface area (Å²) in [7, 11) is 1.94. The van der Waals surface area contributed by atoms with E-state index in [1.165, 1.54) is 83.5 Å². The first-order chi connectivity index (χ1) is 13.2. The number of hydrogen-bond acceptors (Lipinski definition) is 2. The summed E-state index contributed by atoms with van der Waals surface area (Å²) in [6.45, 7) is 2.27. The number of unbranched alkanes of at least 4 members (excludes halogenated alkanes) is 2. The Morgan fingerprint density at radius 3 is 2.41 bits per heavy atom. The van der Waals surface area contributed by atoms with Gasteiger partial charge < -0.3 is 4.74 Å². The van der Waals surface area contributed by atoms with Crippen LogP contribution in [-0.2, 0) is 4.74 Å². The molecule has 4 fully saturated rings. The molecule has 8 atom stereocenters. The smallest absolute Gasteiger partial charge is 0.0689 e. The van der Waals surface area contributed by atoms with Gasteiger partial charge in [0.1, 0.15) is 0 Å². The van der Waals surface area contributed by atoms with Gasteiger partial charge in [-0.2, -0.15) is 5.26 Å². The van der Waals surface area contributed by atoms with E-state index in [-0.39, 0.29) is 5.41 Å². The first-order valence-electron chi connectivity index (χ1n) is 12.2. The molecule has 4 aliphatic rings. The Morgan fingerprint density at radius 2 is 1.63 bits per heavy atom. The molecule has 4 rings (SSSR count). The van der Waals surface area contributed by atoms with Gasteiger partial charge in [-0.3, -0.25) is 0 Å². The van der Waals surface area contributed by atoms with Crippen LogP contribution < -0.4 is 0 Å². The topological polar surface area (TPSA) is 33.0 Å². The van der Waals surface area contributed by atoms with Crippen molar-refractivity contribution >= 4 is 0 Å². The van der Waals surface area contributed by atoms with Gasteiger partial charge >= 0.3 is 0 Å². The second-order valence-electron chi connectivity index (χ2n) is 10.5. The van der Waals surface area contributed by atoms with Crippen molar-refractivity contribution in [3.63, 3.8) is 0 Å². The highest BCUT2D eigenvalue weighted by Crippen LogP contribution is 2.60. The van der Waals surface area contributed by atoms with Gasteiger partial charge in [-0.25, -0.2) is 0 Å². The van der Waals surface area contributed by atoms with Gasteiger partial charge in [0.15, 0.2) is 0 Å². The summed E-state index contributed by atoms with van der Waals surface area (Å²) in [6, 6.07) is 2.82. The predicted molar refractivity (Wildman–Crippen MR) is 110 cm³/mol. The van der Waals surface area contributed by atoms with E-state index in [1.54, 1.807) is 0 Å². The Labute approximate surface area is 167 Å². The van der Waals surface area contributed by atoms with Gasteiger partial charge in [-0.1, -0.05) is 32.6 Å². The number of hydrogen-bond donors (Lipinski definition) is 0. The van der Waals surface area contributed by atoms with Crippen LogP contribution in [-0.4, -0.2) is 13.2 Å². The maximum atomic E-state index is 10.0. The lowest BCUT2D eigenvalue weighted by atomic mass is 9.49. The molecule has 6 unspecified atom stereocenters. The Morgan fingerprint density at radius 1 is 0.889 bits per heavy atom. The van der Waals surface area contributed by atoms with Crippen LogP contribution in [0.15, 0.2) is 0 Å². The number of methoxy groups -OCH3 is 1. The fourth-order valence-corrected chi connectivity index (χ4v) is 8.18. The van der Waals surface area contributed by atoms with E-state index in [9.17, 15) is 5.26 Å². The van der Waals surface area contributed by atoms with Crippen LogP contribution >= 0.6 is 0 Å². The minimum Gasteiger partial charge on any atom is -0.381 e. The van der Waals surface area contributed by atoms with Crippen molar-refractivity contribution < 1.29 is 4.74 Å². The molecule has 0 spiro atoms. The fraction of sp³-hybridized carbons (Fsp3) is 0.960. The molecule has 4 saturated carbocycles. The van der Waals surface area contributed by atoms with Crippen molar-refractivity contribution in [3.8, 4) is 6.07 Å². The third-order valence-electron chi connectivity index (χ3n) is 9.42. The zero-order chi connectivity index (χ0) is 18.9. The molecule has 0 N–H and O–H groups in total. The highest BCUT2D eigenvalue weighted by Gasteiger charge is 2.52. The summed E-state index contributed by atoms with van der Waals surface area (Å²) in [4.78, 5) is 0. The van der Waals surface area contributed by atoms with Gasteiger partial charge in [-0.05, 0) is 99.7 Å². The van der Waals surface area contributed by atoms with Crippen LogP contribution in [0.25, 0.3) is 0 Å². The average Bonchev–Trinajstić information content (AvgIpc) is 2.72. The molecule has 0 heterocycles. The SMILES string of the molecule is CCCCC[C@@]1(C#N)CCC2C(CCC3C2CCC2C3CCC[C@H]2OC)C1. The van der Waals surface area contributed by atoms with Gasteiger partial charge in [0.05, 0.1) is 17.6 Å². The van der Waals surface area contributed by atoms with Crippen molar-refractivity contribution in [2.75, 3.05) is 7.11 Å². The van der Waals surface area contributed by atoms with Gasteiger partial charge in [0.25, 0.3) is 0 Å². The zero-order valence-corrected chi connectivity index (χ0v) is 17.8. The lowest BCUT2D eigenvalue weighted by molar-refractivity contribution is -0.0993. The third kappa shape index (κ3) is 3.71. The summed E-state index contributed by atoms with van der Waals surface area (Å²) in [6.07, 6.45) is 19.1. The van der Waals surface area contributed by atoms with E-state index < -0.39 is 0 Å². The van der Waals surface area contributed by atoms with Crippen LogP contribution in [0.1, 0.15) is 96.8 Å². The maximum absolute atomic E-state index is 10.0. The summed E-state index contributed by atoms with van der Waals surface area (Å²) in [5.41, 5.74) is 0.0202. The monoisotopic (exact) mass is 371 g/mol. The van der Waals surface area contributed by atoms with Crippen LogP contribution in [0.5, 0.6) is 0 Å². The van der Waals surface area contributed by atoms with E-state index in [4.69, 9.17) is 4.74 Å². The van der Waals surface area contributed by atoms with Crippen molar-refractivity contribution in [1.82, 2.24) is 0 Å². The van der Waals surface area contributed by atoms with Crippen molar-refractivity contribution in [2.45, 2.75) is 103 Å². The summed E-state index contributed by atoms with van der Waals surface area (Å²) in [5, 5.41) is 10.0. The van der Waals surface area contributed by atoms with Gasteiger partial charge in [0.2, 0.25) is 0 Å². The van der Waals surface area contributed by atoms with Gasteiger partial charge in [0, 0.05) is 7.11 Å². The molecule has 2 heteroatoms. The lowest BCUT2D eigenvalue weighted by Gasteiger charge is -2.56. The van der Waals surface area contributed by atoms with E-state index in [1.807, 2.05) is 7.11 Å². The first-order valence-corrected chi connectivity index (χ1v) is 12.2. The van der Waals surface area contributed by atoms with Gasteiger partial charge in [-0.15, -0.1) is 0 Å². The summed E-state index contributed by atoms with van der Waals surface area (Å²) >= 11 is 0. The third-order valence-corrected chi connectivity index (χ3v) is 9.42. The molecule has 0 amide bonds. The van der Waals surface area contributed by atoms with E-state index in [0.29, 0.717) is 6.10 Å². The molecule has 4 aliphatic carbocycles. The molecule has 27 heavy (non-hydrogen) atoms. The number of fused-ring (bicyclic) bond motifs is 5. The molecule has 0 aromatic carbocycles. The normalized spacial score (nSPS) is 46.6. The summed E-state index contributed by atoms with van der Waals surface area (Å²) in [5.74, 6) is 5.50. The quantitative estimate of drug-likeness (QED) is 0.501. The molecule has 0 radical (unpaired) electrons. The fourth-order valence-electron chi connectivity index (χ4n) is 8.18. The Hall–Kier alpha value is -0.550. The number of nitriles is 1. The molecule has 0 saturated heterocycles. The summed E-state index contributed by atoms with van der Waals surface area (Å²) < 4.78 is 5.90. The molecule has 0 aromatic heterocycles. The zero-order valence-electron chi connectivity index (χ0n) is 17.8. The molecular weight excluding hydrogens is 330 g/mol. The van der Waals surface area contributed by atoms with Crippen LogP contribution in [0, 0.1) is 52.3 Å². The first kappa shape index (κ1) is 19.8. The minimum atomic E-state index is 0.0202. The molecule has 2 nitrogen and oxygen atoms in total. The highest BCUT2D eigenvalue weighted by molar-refractivity contribution is 5.07. The number of ether oxygens (including phenoxy) is 1. The molecule has 0 bridgehead atoms. The van der Waals surface area contributed by atoms with Crippen molar-refractivity contribution in [1.29, 1.82) is 5.26 Å². The maximum Gasteiger partial charge on any atom is 0.0689 e. The molecular formula is C25H41NO. The number of nitrogens with zero attached hydrogens (tertiary/aromatic N) is 1. The lowest BCUT2D eigenvalue weighted by Crippen LogP contribution is -2.50.